The van der Waals surface area contributed by atoms with Gasteiger partial charge in [-0.15, -0.1) is 0 Å². The molecule has 0 aliphatic carbocycles. The van der Waals surface area contributed by atoms with Crippen LogP contribution in [-0.4, -0.2) is 87.6 Å². The Hall–Kier alpha value is -3.79. The number of nitrogens with one attached hydrogen (secondary N) is 3. The quantitative estimate of drug-likeness (QED) is 0.0877. The Bertz CT molecular complexity index is 789. The maximum Gasteiger partial charge on any atom is 0.326 e. The zero-order valence-corrected chi connectivity index (χ0v) is 18.2. The average molecular weight is 490 g/mol. The van der Waals surface area contributed by atoms with E-state index >= 15 is 0 Å². The minimum atomic E-state index is -1.88. The minimum Gasteiger partial charge on any atom is -0.481 e. The summed E-state index contributed by atoms with van der Waals surface area (Å²) in [5.74, 6) is -8.78. The van der Waals surface area contributed by atoms with Crippen molar-refractivity contribution in [1.29, 1.82) is 0 Å². The first-order valence-electron chi connectivity index (χ1n) is 10.1. The largest absolute Gasteiger partial charge is 0.481 e. The highest BCUT2D eigenvalue weighted by molar-refractivity contribution is 5.96. The van der Waals surface area contributed by atoms with Crippen LogP contribution in [0.25, 0.3) is 0 Å². The van der Waals surface area contributed by atoms with E-state index in [-0.39, 0.29) is 13.0 Å². The number of rotatable bonds is 17. The number of carboxylic acids is 3. The predicted molar refractivity (Wildman–Crippen MR) is 113 cm³/mol. The molecule has 0 radical (unpaired) electrons. The number of hydrogen-bond acceptors (Lipinski definition) is 9. The molecule has 4 atom stereocenters. The van der Waals surface area contributed by atoms with E-state index in [4.69, 9.17) is 32.5 Å². The highest BCUT2D eigenvalue weighted by Crippen LogP contribution is 2.05. The van der Waals surface area contributed by atoms with Gasteiger partial charge in [0.05, 0.1) is 25.3 Å². The lowest BCUT2D eigenvalue weighted by atomic mass is 10.1. The molecule has 0 bridgehead atoms. The van der Waals surface area contributed by atoms with Crippen molar-refractivity contribution in [3.05, 3.63) is 0 Å². The number of hydrogen-bond donors (Lipinski definition) is 9. The summed E-state index contributed by atoms with van der Waals surface area (Å²) >= 11 is 0. The molecular formula is C18H30N6O10. The number of aliphatic carboxylic acids is 3. The summed E-state index contributed by atoms with van der Waals surface area (Å²) in [5, 5.41) is 33.1. The summed E-state index contributed by atoms with van der Waals surface area (Å²) in [6.45, 7) is 0.272. The summed E-state index contributed by atoms with van der Waals surface area (Å²) in [6.07, 6.45) is -1.66. The van der Waals surface area contributed by atoms with Crippen LogP contribution in [0, 0.1) is 0 Å². The second kappa shape index (κ2) is 15.1. The summed E-state index contributed by atoms with van der Waals surface area (Å²) in [4.78, 5) is 81.4. The van der Waals surface area contributed by atoms with Crippen LogP contribution in [0.2, 0.25) is 0 Å². The molecule has 0 saturated heterocycles. The monoisotopic (exact) mass is 490 g/mol. The van der Waals surface area contributed by atoms with Crippen molar-refractivity contribution in [3.8, 4) is 0 Å². The van der Waals surface area contributed by atoms with Gasteiger partial charge in [0.15, 0.2) is 0 Å². The number of primary amides is 1. The zero-order chi connectivity index (χ0) is 26.4. The van der Waals surface area contributed by atoms with Crippen LogP contribution in [0.5, 0.6) is 0 Å². The van der Waals surface area contributed by atoms with Crippen molar-refractivity contribution in [2.24, 2.45) is 17.2 Å². The topological polar surface area (TPSA) is 294 Å². The van der Waals surface area contributed by atoms with E-state index in [1.165, 1.54) is 0 Å². The summed E-state index contributed by atoms with van der Waals surface area (Å²) in [6, 6.07) is -6.36. The molecule has 192 valence electrons. The third-order valence-corrected chi connectivity index (χ3v) is 4.34. The zero-order valence-electron chi connectivity index (χ0n) is 18.2. The third-order valence-electron chi connectivity index (χ3n) is 4.34. The van der Waals surface area contributed by atoms with Gasteiger partial charge in [0.2, 0.25) is 23.6 Å². The van der Waals surface area contributed by atoms with Gasteiger partial charge < -0.3 is 48.5 Å². The molecule has 16 nitrogen and oxygen atoms in total. The second-order valence-corrected chi connectivity index (χ2v) is 7.28. The first kappa shape index (κ1) is 30.2. The van der Waals surface area contributed by atoms with Crippen LogP contribution in [0.3, 0.4) is 0 Å². The molecular weight excluding hydrogens is 460 g/mol. The molecule has 0 aromatic carbocycles. The maximum absolute atomic E-state index is 12.7. The Morgan fingerprint density at radius 3 is 1.62 bits per heavy atom. The number of unbranched alkanes of at least 4 members (excludes halogenated alkanes) is 1. The van der Waals surface area contributed by atoms with E-state index < -0.39 is 85.0 Å². The van der Waals surface area contributed by atoms with Gasteiger partial charge in [0.25, 0.3) is 0 Å². The van der Waals surface area contributed by atoms with Gasteiger partial charge in [-0.3, -0.25) is 28.8 Å². The molecule has 12 N–H and O–H groups in total. The number of carbonyl (C=O) groups excluding carboxylic acids is 4. The number of amides is 4. The number of carboxylic acid groups (broad SMARTS) is 3. The Morgan fingerprint density at radius 2 is 1.15 bits per heavy atom. The lowest BCUT2D eigenvalue weighted by Crippen LogP contribution is -2.57. The second-order valence-electron chi connectivity index (χ2n) is 7.28. The van der Waals surface area contributed by atoms with Crippen LogP contribution in [-0.2, 0) is 33.6 Å². The van der Waals surface area contributed by atoms with Crippen molar-refractivity contribution in [3.63, 3.8) is 0 Å². The molecule has 0 aliphatic rings. The Balaban J connectivity index is 5.56. The first-order valence-corrected chi connectivity index (χ1v) is 10.1. The smallest absolute Gasteiger partial charge is 0.326 e. The van der Waals surface area contributed by atoms with Crippen LogP contribution < -0.4 is 33.2 Å². The first-order chi connectivity index (χ1) is 15.8. The Kier molecular flexibility index (Phi) is 13.4. The number of carbonyl (C=O) groups is 7. The van der Waals surface area contributed by atoms with E-state index in [0.29, 0.717) is 12.8 Å². The molecule has 4 amide bonds. The molecule has 4 unspecified atom stereocenters. The molecule has 0 saturated carbocycles. The van der Waals surface area contributed by atoms with E-state index in [2.05, 4.69) is 10.6 Å². The highest BCUT2D eigenvalue weighted by Gasteiger charge is 2.32. The third kappa shape index (κ3) is 12.3. The van der Waals surface area contributed by atoms with Crippen molar-refractivity contribution >= 4 is 41.5 Å². The molecule has 16 heteroatoms. The van der Waals surface area contributed by atoms with Crippen molar-refractivity contribution < 1.29 is 48.9 Å². The average Bonchev–Trinajstić information content (AvgIpc) is 2.70. The van der Waals surface area contributed by atoms with Gasteiger partial charge in [0.1, 0.15) is 18.1 Å². The van der Waals surface area contributed by atoms with Gasteiger partial charge in [-0.2, -0.15) is 0 Å². The highest BCUT2D eigenvalue weighted by atomic mass is 16.4. The van der Waals surface area contributed by atoms with Gasteiger partial charge >= 0.3 is 17.9 Å². The van der Waals surface area contributed by atoms with Gasteiger partial charge in [-0.05, 0) is 25.8 Å². The summed E-state index contributed by atoms with van der Waals surface area (Å²) in [5.41, 5.74) is 15.9. The molecule has 0 heterocycles. The Labute approximate surface area is 193 Å². The van der Waals surface area contributed by atoms with Crippen LogP contribution >= 0.6 is 0 Å². The lowest BCUT2D eigenvalue weighted by Gasteiger charge is -2.24. The number of nitrogens with two attached hydrogens (primary N) is 3. The molecule has 34 heavy (non-hydrogen) atoms. The summed E-state index contributed by atoms with van der Waals surface area (Å²) < 4.78 is 0. The SMILES string of the molecule is NCCCCC(NC(=O)C(N)CC(N)=O)C(=O)NC(CC(=O)O)C(=O)NC(CC(=O)O)C(=O)O. The van der Waals surface area contributed by atoms with E-state index in [1.807, 2.05) is 5.32 Å². The standard InChI is InChI=1S/C18H30N6O10/c19-4-2-1-3-9(22-15(30)8(20)5-12(21)25)16(31)23-10(6-13(26)27)17(32)24-11(18(33)34)7-14(28)29/h8-11H,1-7,19-20H2,(H2,21,25)(H,22,30)(H,23,31)(H,24,32)(H,26,27)(H,28,29)(H,33,34). The normalized spacial score (nSPS) is 14.1. The fourth-order valence-electron chi connectivity index (χ4n) is 2.65. The van der Waals surface area contributed by atoms with Crippen LogP contribution in [0.4, 0.5) is 0 Å². The van der Waals surface area contributed by atoms with Crippen molar-refractivity contribution in [1.82, 2.24) is 16.0 Å². The summed E-state index contributed by atoms with van der Waals surface area (Å²) in [7, 11) is 0. The Morgan fingerprint density at radius 1 is 0.676 bits per heavy atom. The molecule has 0 fully saturated rings. The van der Waals surface area contributed by atoms with Crippen LogP contribution in [0.1, 0.15) is 38.5 Å². The van der Waals surface area contributed by atoms with Gasteiger partial charge in [-0.25, -0.2) is 4.79 Å². The van der Waals surface area contributed by atoms with E-state index in [0.717, 1.165) is 0 Å². The van der Waals surface area contributed by atoms with Crippen molar-refractivity contribution in [2.75, 3.05) is 6.54 Å². The molecule has 0 aromatic heterocycles. The van der Waals surface area contributed by atoms with E-state index in [1.54, 1.807) is 0 Å². The van der Waals surface area contributed by atoms with Crippen LogP contribution in [0.15, 0.2) is 0 Å². The molecule has 0 aliphatic heterocycles. The molecule has 0 spiro atoms. The van der Waals surface area contributed by atoms with Gasteiger partial charge in [-0.1, -0.05) is 0 Å². The molecule has 0 aromatic rings. The fourth-order valence-corrected chi connectivity index (χ4v) is 2.65. The van der Waals surface area contributed by atoms with Crippen molar-refractivity contribution in [2.45, 2.75) is 62.7 Å². The predicted octanol–water partition coefficient (Wildman–Crippen LogP) is -4.19. The maximum atomic E-state index is 12.7. The van der Waals surface area contributed by atoms with E-state index in [9.17, 15) is 33.6 Å². The fraction of sp³-hybridized carbons (Fsp3) is 0.611. The lowest BCUT2D eigenvalue weighted by molar-refractivity contribution is -0.148. The molecule has 0 rings (SSSR count). The van der Waals surface area contributed by atoms with Gasteiger partial charge in [0, 0.05) is 0 Å². The minimum absolute atomic E-state index is 0.0102.